The molecule has 3 atom stereocenters. The molecule has 13 nitrogen and oxygen atoms in total. The number of nitrogens with zero attached hydrogens (tertiary/aromatic N) is 1. The number of allylic oxidation sites excluding steroid dienone is 1. The van der Waals surface area contributed by atoms with E-state index < -0.39 is 40.5 Å². The smallest absolute Gasteiger partial charge is 0.335 e. The van der Waals surface area contributed by atoms with Crippen LogP contribution in [0.1, 0.15) is 51.3 Å². The number of ketones is 2. The second kappa shape index (κ2) is 10.6. The van der Waals surface area contributed by atoms with Gasteiger partial charge in [0.1, 0.15) is 39.4 Å². The molecule has 0 amide bonds. The second-order valence-corrected chi connectivity index (χ2v) is 12.1. The monoisotopic (exact) mass is 678 g/mol. The molecule has 0 bridgehead atoms. The van der Waals surface area contributed by atoms with Crippen LogP contribution < -0.4 is 30.8 Å². The van der Waals surface area contributed by atoms with Gasteiger partial charge in [-0.05, 0) is 36.8 Å². The van der Waals surface area contributed by atoms with Crippen molar-refractivity contribution in [2.24, 2.45) is 5.92 Å². The SMILES string of the molecule is COc1cc(OC)c2c(c1Cl)OC1(C(=O)C3=C(CC1C)Nc1nc(N)[nH]c(=O)c1C3c1ccc(-c3cc(C(=O)O)ccc3Cl)o1)C2=O. The molecule has 2 aliphatic heterocycles. The summed E-state index contributed by atoms with van der Waals surface area (Å²) in [7, 11) is 2.76. The molecule has 0 radical (unpaired) electrons. The highest BCUT2D eigenvalue weighted by molar-refractivity contribution is 6.36. The number of aromatic nitrogens is 2. The number of halogens is 2. The number of H-pyrrole nitrogens is 1. The van der Waals surface area contributed by atoms with Crippen molar-refractivity contribution in [3.05, 3.63) is 90.5 Å². The maximum atomic E-state index is 14.9. The van der Waals surface area contributed by atoms with Gasteiger partial charge in [-0.25, -0.2) is 4.79 Å². The number of rotatable bonds is 5. The van der Waals surface area contributed by atoms with Crippen LogP contribution >= 0.6 is 23.2 Å². The number of methoxy groups -OCH3 is 2. The van der Waals surface area contributed by atoms with Crippen LogP contribution in [0.5, 0.6) is 17.2 Å². The van der Waals surface area contributed by atoms with Crippen molar-refractivity contribution in [2.75, 3.05) is 25.3 Å². The Morgan fingerprint density at radius 3 is 2.53 bits per heavy atom. The molecule has 240 valence electrons. The molecule has 47 heavy (non-hydrogen) atoms. The van der Waals surface area contributed by atoms with Gasteiger partial charge in [0, 0.05) is 28.8 Å². The van der Waals surface area contributed by atoms with E-state index in [1.165, 1.54) is 44.6 Å². The normalized spacial score (nSPS) is 21.1. The van der Waals surface area contributed by atoms with Crippen molar-refractivity contribution in [2.45, 2.75) is 24.9 Å². The van der Waals surface area contributed by atoms with Crippen LogP contribution in [0, 0.1) is 5.92 Å². The first-order valence-electron chi connectivity index (χ1n) is 14.2. The van der Waals surface area contributed by atoms with E-state index in [1.54, 1.807) is 13.0 Å². The largest absolute Gasteiger partial charge is 0.496 e. The van der Waals surface area contributed by atoms with Crippen LogP contribution in [-0.2, 0) is 4.79 Å². The number of nitrogens with two attached hydrogens (primary N) is 1. The van der Waals surface area contributed by atoms with Crippen LogP contribution in [0.25, 0.3) is 11.3 Å². The summed E-state index contributed by atoms with van der Waals surface area (Å²) in [6, 6.07) is 8.63. The number of carbonyl (C=O) groups is 3. The molecule has 4 aromatic rings. The Balaban J connectivity index is 1.42. The number of furan rings is 1. The molecule has 5 N–H and O–H groups in total. The van der Waals surface area contributed by atoms with Crippen molar-refractivity contribution in [1.82, 2.24) is 9.97 Å². The number of carboxylic acids is 1. The molecule has 1 spiro atoms. The number of nitrogens with one attached hydrogen (secondary N) is 2. The van der Waals surface area contributed by atoms with E-state index in [0.29, 0.717) is 5.70 Å². The average molecular weight is 679 g/mol. The molecule has 2 aromatic heterocycles. The van der Waals surface area contributed by atoms with Crippen molar-refractivity contribution >= 4 is 52.5 Å². The number of carbonyl (C=O) groups excluding carboxylic acids is 2. The van der Waals surface area contributed by atoms with Gasteiger partial charge in [-0.3, -0.25) is 19.4 Å². The Morgan fingerprint density at radius 2 is 1.83 bits per heavy atom. The standard InChI is InChI=1S/C32H24Cl2N4O9/c1-11-8-15-20(26(39)32(11)27(40)22-18(44-2)10-19(45-3)24(34)25(22)47-32)21(23-28(36-15)37-31(35)38-29(23)41)17-7-6-16(46-17)13-9-12(30(42)43)4-5-14(13)33/h4-7,9-11,21H,8H2,1-3H3,(H,42,43)(H4,35,36,37,38,41). The van der Waals surface area contributed by atoms with Gasteiger partial charge in [-0.15, -0.1) is 0 Å². The Bertz CT molecular complexity index is 2170. The Morgan fingerprint density at radius 1 is 1.09 bits per heavy atom. The second-order valence-electron chi connectivity index (χ2n) is 11.3. The van der Waals surface area contributed by atoms with Crippen LogP contribution in [-0.4, -0.2) is 52.4 Å². The Kier molecular flexibility index (Phi) is 6.88. The Labute approximate surface area is 275 Å². The predicted octanol–water partition coefficient (Wildman–Crippen LogP) is 5.07. The summed E-state index contributed by atoms with van der Waals surface area (Å²) in [5.41, 5.74) is 3.79. The fourth-order valence-corrected chi connectivity index (χ4v) is 7.03. The molecule has 3 aliphatic rings. The van der Waals surface area contributed by atoms with Crippen LogP contribution in [0.2, 0.25) is 10.0 Å². The zero-order valence-corrected chi connectivity index (χ0v) is 26.3. The number of aromatic carboxylic acids is 1. The molecule has 0 saturated carbocycles. The first kappa shape index (κ1) is 30.4. The van der Waals surface area contributed by atoms with Crippen LogP contribution in [0.15, 0.2) is 56.9 Å². The van der Waals surface area contributed by atoms with E-state index in [2.05, 4.69) is 15.3 Å². The van der Waals surface area contributed by atoms with E-state index >= 15 is 0 Å². The number of hydrogen-bond acceptors (Lipinski definition) is 11. The van der Waals surface area contributed by atoms with Crippen molar-refractivity contribution in [1.29, 1.82) is 0 Å². The quantitative estimate of drug-likeness (QED) is 0.205. The topological polar surface area (TPSA) is 196 Å². The number of nitrogen functional groups attached to an aromatic ring is 1. The number of carboxylic acid groups (broad SMARTS) is 1. The molecule has 3 unspecified atom stereocenters. The zero-order chi connectivity index (χ0) is 33.5. The highest BCUT2D eigenvalue weighted by Crippen LogP contribution is 2.56. The number of fused-ring (bicyclic) bond motifs is 2. The summed E-state index contributed by atoms with van der Waals surface area (Å²) in [5.74, 6) is -4.03. The maximum absolute atomic E-state index is 14.9. The van der Waals surface area contributed by atoms with E-state index in [-0.39, 0.29) is 84.8 Å². The van der Waals surface area contributed by atoms with Crippen molar-refractivity contribution in [3.8, 4) is 28.6 Å². The summed E-state index contributed by atoms with van der Waals surface area (Å²) < 4.78 is 23.4. The highest BCUT2D eigenvalue weighted by atomic mass is 35.5. The summed E-state index contributed by atoms with van der Waals surface area (Å²) in [5, 5.41) is 12.8. The molecular weight excluding hydrogens is 655 g/mol. The fourth-order valence-electron chi connectivity index (χ4n) is 6.55. The van der Waals surface area contributed by atoms with Crippen molar-refractivity contribution < 1.29 is 38.1 Å². The van der Waals surface area contributed by atoms with E-state index in [1.807, 2.05) is 0 Å². The van der Waals surface area contributed by atoms with Gasteiger partial charge in [0.2, 0.25) is 23.1 Å². The lowest BCUT2D eigenvalue weighted by Crippen LogP contribution is -2.58. The lowest BCUT2D eigenvalue weighted by molar-refractivity contribution is -0.130. The fraction of sp³-hybridized carbons (Fsp3) is 0.219. The summed E-state index contributed by atoms with van der Waals surface area (Å²) in [6.45, 7) is 1.69. The molecule has 4 heterocycles. The summed E-state index contributed by atoms with van der Waals surface area (Å²) in [6.07, 6.45) is 0.113. The number of Topliss-reactive ketones (excluding diaryl/α,β-unsaturated/α-hetero) is 2. The first-order chi connectivity index (χ1) is 22.4. The number of aromatic amines is 1. The zero-order valence-electron chi connectivity index (χ0n) is 24.8. The minimum atomic E-state index is -2.08. The van der Waals surface area contributed by atoms with E-state index in [0.717, 1.165) is 0 Å². The lowest BCUT2D eigenvalue weighted by Gasteiger charge is -2.41. The van der Waals surface area contributed by atoms with Gasteiger partial charge in [-0.2, -0.15) is 4.98 Å². The summed E-state index contributed by atoms with van der Waals surface area (Å²) in [4.78, 5) is 61.2. The number of ether oxygens (including phenoxy) is 3. The van der Waals surface area contributed by atoms with Gasteiger partial charge in [0.05, 0.1) is 36.3 Å². The van der Waals surface area contributed by atoms with E-state index in [9.17, 15) is 24.3 Å². The third kappa shape index (κ3) is 4.26. The third-order valence-electron chi connectivity index (χ3n) is 8.74. The summed E-state index contributed by atoms with van der Waals surface area (Å²) >= 11 is 13.0. The molecule has 15 heteroatoms. The third-order valence-corrected chi connectivity index (χ3v) is 9.43. The van der Waals surface area contributed by atoms with Gasteiger partial charge in [-0.1, -0.05) is 30.1 Å². The van der Waals surface area contributed by atoms with Gasteiger partial charge in [0.25, 0.3) is 5.56 Å². The Hall–Kier alpha value is -5.27. The molecular formula is C32H24Cl2N4O9. The van der Waals surface area contributed by atoms with Crippen LogP contribution in [0.3, 0.4) is 0 Å². The van der Waals surface area contributed by atoms with Gasteiger partial charge < -0.3 is 34.8 Å². The molecule has 1 aliphatic carbocycles. The van der Waals surface area contributed by atoms with Crippen LogP contribution in [0.4, 0.5) is 11.8 Å². The van der Waals surface area contributed by atoms with Gasteiger partial charge in [0.15, 0.2) is 5.75 Å². The molecule has 0 fully saturated rings. The minimum absolute atomic E-state index is 0.00234. The number of benzene rings is 2. The minimum Gasteiger partial charge on any atom is -0.496 e. The number of hydrogen-bond donors (Lipinski definition) is 4. The number of anilines is 2. The highest BCUT2D eigenvalue weighted by Gasteiger charge is 2.64. The van der Waals surface area contributed by atoms with E-state index in [4.69, 9.17) is 47.6 Å². The molecule has 2 aromatic carbocycles. The molecule has 7 rings (SSSR count). The van der Waals surface area contributed by atoms with Crippen molar-refractivity contribution in [3.63, 3.8) is 0 Å². The average Bonchev–Trinajstić information content (AvgIpc) is 3.64. The predicted molar refractivity (Wildman–Crippen MR) is 169 cm³/mol. The maximum Gasteiger partial charge on any atom is 0.335 e. The first-order valence-corrected chi connectivity index (χ1v) is 14.9. The lowest BCUT2D eigenvalue weighted by atomic mass is 9.66. The molecule has 0 saturated heterocycles. The van der Waals surface area contributed by atoms with Gasteiger partial charge >= 0.3 is 5.97 Å².